The van der Waals surface area contributed by atoms with E-state index in [1.807, 2.05) is 0 Å². The maximum Gasteiger partial charge on any atom is 0.0594 e. The molecule has 0 N–H and O–H groups in total. The highest BCUT2D eigenvalue weighted by molar-refractivity contribution is 4.99. The summed E-state index contributed by atoms with van der Waals surface area (Å²) in [5, 5.41) is 0. The summed E-state index contributed by atoms with van der Waals surface area (Å²) in [6, 6.07) is 0. The van der Waals surface area contributed by atoms with Crippen LogP contribution in [0.25, 0.3) is 0 Å². The standard InChI is InChI=1S/C9H18N2O/c1-9(2)7-11(9)8-10-3-5-12-6-4-10/h3-8H2,1-2H3. The normalized spacial score (nSPS) is 35.0. The van der Waals surface area contributed by atoms with Crippen LogP contribution in [-0.2, 0) is 4.74 Å². The van der Waals surface area contributed by atoms with Crippen LogP contribution in [0.5, 0.6) is 0 Å². The first kappa shape index (κ1) is 8.48. The summed E-state index contributed by atoms with van der Waals surface area (Å²) in [6.07, 6.45) is 0. The van der Waals surface area contributed by atoms with Crippen LogP contribution in [0.4, 0.5) is 0 Å². The fourth-order valence-electron chi connectivity index (χ4n) is 1.66. The summed E-state index contributed by atoms with van der Waals surface area (Å²) >= 11 is 0. The molecule has 2 heterocycles. The van der Waals surface area contributed by atoms with Gasteiger partial charge in [-0.1, -0.05) is 0 Å². The second kappa shape index (κ2) is 2.98. The molecule has 2 aliphatic rings. The molecule has 0 amide bonds. The molecule has 0 aromatic carbocycles. The molecule has 2 fully saturated rings. The minimum atomic E-state index is 0.471. The van der Waals surface area contributed by atoms with Crippen molar-refractivity contribution < 1.29 is 4.74 Å². The van der Waals surface area contributed by atoms with Gasteiger partial charge in [-0.25, -0.2) is 0 Å². The summed E-state index contributed by atoms with van der Waals surface area (Å²) in [7, 11) is 0. The molecule has 2 saturated heterocycles. The number of nitrogens with zero attached hydrogens (tertiary/aromatic N) is 2. The first-order chi connectivity index (χ1) is 5.68. The fourth-order valence-corrected chi connectivity index (χ4v) is 1.66. The molecule has 2 rings (SSSR count). The molecule has 1 atom stereocenters. The highest BCUT2D eigenvalue weighted by atomic mass is 16.5. The van der Waals surface area contributed by atoms with Gasteiger partial charge in [-0.05, 0) is 13.8 Å². The highest BCUT2D eigenvalue weighted by Gasteiger charge is 2.43. The van der Waals surface area contributed by atoms with Crippen molar-refractivity contribution in [3.8, 4) is 0 Å². The maximum absolute atomic E-state index is 5.29. The molecule has 0 aromatic rings. The van der Waals surface area contributed by atoms with E-state index in [0.29, 0.717) is 5.54 Å². The van der Waals surface area contributed by atoms with Crippen molar-refractivity contribution >= 4 is 0 Å². The van der Waals surface area contributed by atoms with Gasteiger partial charge in [0.1, 0.15) is 0 Å². The zero-order chi connectivity index (χ0) is 8.60. The fraction of sp³-hybridized carbons (Fsp3) is 1.00. The zero-order valence-electron chi connectivity index (χ0n) is 8.05. The molecule has 12 heavy (non-hydrogen) atoms. The second-order valence-electron chi connectivity index (χ2n) is 4.38. The van der Waals surface area contributed by atoms with Gasteiger partial charge < -0.3 is 4.74 Å². The van der Waals surface area contributed by atoms with E-state index in [1.54, 1.807) is 0 Å². The van der Waals surface area contributed by atoms with Gasteiger partial charge in [0.2, 0.25) is 0 Å². The third-order valence-electron chi connectivity index (χ3n) is 2.80. The van der Waals surface area contributed by atoms with E-state index in [-0.39, 0.29) is 0 Å². The Morgan fingerprint density at radius 3 is 2.33 bits per heavy atom. The predicted octanol–water partition coefficient (Wildman–Crippen LogP) is 0.370. The van der Waals surface area contributed by atoms with Crippen molar-refractivity contribution in [2.24, 2.45) is 0 Å². The summed E-state index contributed by atoms with van der Waals surface area (Å²) in [5.41, 5.74) is 0.471. The molecule has 0 radical (unpaired) electrons. The smallest absolute Gasteiger partial charge is 0.0594 e. The van der Waals surface area contributed by atoms with Crippen LogP contribution in [-0.4, -0.2) is 54.9 Å². The van der Waals surface area contributed by atoms with Crippen LogP contribution < -0.4 is 0 Å². The molecule has 1 unspecified atom stereocenters. The number of hydrogen-bond acceptors (Lipinski definition) is 3. The van der Waals surface area contributed by atoms with E-state index >= 15 is 0 Å². The number of hydrogen-bond donors (Lipinski definition) is 0. The molecular formula is C9H18N2O. The van der Waals surface area contributed by atoms with Crippen molar-refractivity contribution in [2.75, 3.05) is 39.5 Å². The molecule has 3 nitrogen and oxygen atoms in total. The van der Waals surface area contributed by atoms with Gasteiger partial charge in [0, 0.05) is 25.2 Å². The predicted molar refractivity (Wildman–Crippen MR) is 48.0 cm³/mol. The van der Waals surface area contributed by atoms with Crippen LogP contribution in [0.2, 0.25) is 0 Å². The minimum Gasteiger partial charge on any atom is -0.379 e. The Morgan fingerprint density at radius 2 is 1.83 bits per heavy atom. The Hall–Kier alpha value is -0.120. The third-order valence-corrected chi connectivity index (χ3v) is 2.80. The lowest BCUT2D eigenvalue weighted by Gasteiger charge is -2.27. The van der Waals surface area contributed by atoms with Crippen LogP contribution in [0.1, 0.15) is 13.8 Å². The van der Waals surface area contributed by atoms with Gasteiger partial charge in [0.25, 0.3) is 0 Å². The van der Waals surface area contributed by atoms with E-state index in [2.05, 4.69) is 23.6 Å². The quantitative estimate of drug-likeness (QED) is 0.557. The molecule has 0 bridgehead atoms. The molecule has 70 valence electrons. The average Bonchev–Trinajstić information content (AvgIpc) is 2.61. The van der Waals surface area contributed by atoms with Crippen molar-refractivity contribution in [3.05, 3.63) is 0 Å². The monoisotopic (exact) mass is 170 g/mol. The number of morpholine rings is 1. The van der Waals surface area contributed by atoms with E-state index < -0.39 is 0 Å². The Labute approximate surface area is 74.3 Å². The summed E-state index contributed by atoms with van der Waals surface area (Å²) in [6.45, 7) is 11.0. The topological polar surface area (TPSA) is 15.5 Å². The van der Waals surface area contributed by atoms with Gasteiger partial charge in [-0.3, -0.25) is 9.80 Å². The van der Waals surface area contributed by atoms with Crippen LogP contribution in [0.3, 0.4) is 0 Å². The van der Waals surface area contributed by atoms with Gasteiger partial charge in [0.05, 0.1) is 19.9 Å². The second-order valence-corrected chi connectivity index (χ2v) is 4.38. The summed E-state index contributed by atoms with van der Waals surface area (Å²) < 4.78 is 5.29. The van der Waals surface area contributed by atoms with Crippen LogP contribution in [0.15, 0.2) is 0 Å². The number of ether oxygens (including phenoxy) is 1. The molecule has 2 aliphatic heterocycles. The molecule has 0 spiro atoms. The van der Waals surface area contributed by atoms with Crippen molar-refractivity contribution in [2.45, 2.75) is 19.4 Å². The van der Waals surface area contributed by atoms with Gasteiger partial charge >= 0.3 is 0 Å². The summed E-state index contributed by atoms with van der Waals surface area (Å²) in [4.78, 5) is 4.97. The van der Waals surface area contributed by atoms with Crippen LogP contribution in [0, 0.1) is 0 Å². The van der Waals surface area contributed by atoms with E-state index in [9.17, 15) is 0 Å². The first-order valence-corrected chi connectivity index (χ1v) is 4.74. The lowest BCUT2D eigenvalue weighted by atomic mass is 10.2. The molecule has 0 aliphatic carbocycles. The minimum absolute atomic E-state index is 0.471. The SMILES string of the molecule is CC1(C)CN1CN1CCOCC1. The van der Waals surface area contributed by atoms with Crippen molar-refractivity contribution in [3.63, 3.8) is 0 Å². The average molecular weight is 170 g/mol. The first-order valence-electron chi connectivity index (χ1n) is 4.74. The molecule has 0 saturated carbocycles. The van der Waals surface area contributed by atoms with Crippen molar-refractivity contribution in [1.29, 1.82) is 0 Å². The van der Waals surface area contributed by atoms with Gasteiger partial charge in [-0.15, -0.1) is 0 Å². The highest BCUT2D eigenvalue weighted by Crippen LogP contribution is 2.30. The van der Waals surface area contributed by atoms with E-state index in [0.717, 1.165) is 33.0 Å². The van der Waals surface area contributed by atoms with E-state index in [1.165, 1.54) is 6.54 Å². The van der Waals surface area contributed by atoms with E-state index in [4.69, 9.17) is 4.74 Å². The Balaban J connectivity index is 1.73. The van der Waals surface area contributed by atoms with Gasteiger partial charge in [0.15, 0.2) is 0 Å². The molecular weight excluding hydrogens is 152 g/mol. The molecule has 3 heteroatoms. The Bertz CT molecular complexity index is 164. The lowest BCUT2D eigenvalue weighted by molar-refractivity contribution is 0.0231. The number of rotatable bonds is 2. The van der Waals surface area contributed by atoms with Gasteiger partial charge in [-0.2, -0.15) is 0 Å². The Kier molecular flexibility index (Phi) is 2.10. The summed E-state index contributed by atoms with van der Waals surface area (Å²) in [5.74, 6) is 0. The van der Waals surface area contributed by atoms with Crippen molar-refractivity contribution in [1.82, 2.24) is 9.80 Å². The lowest BCUT2D eigenvalue weighted by Crippen LogP contribution is -2.40. The Morgan fingerprint density at radius 1 is 1.25 bits per heavy atom. The van der Waals surface area contributed by atoms with Crippen LogP contribution >= 0.6 is 0 Å². The zero-order valence-corrected chi connectivity index (χ0v) is 8.05. The maximum atomic E-state index is 5.29. The largest absolute Gasteiger partial charge is 0.379 e. The molecule has 0 aromatic heterocycles. The third kappa shape index (κ3) is 1.79.